The fraction of sp³-hybridized carbons (Fsp3) is 0.174. The highest BCUT2D eigenvalue weighted by molar-refractivity contribution is 9.10. The number of amides is 1. The molecule has 0 heterocycles. The van der Waals surface area contributed by atoms with Gasteiger partial charge in [-0.2, -0.15) is 4.31 Å². The number of aryl methyl sites for hydroxylation is 2. The molecule has 8 heteroatoms. The van der Waals surface area contributed by atoms with E-state index in [-0.39, 0.29) is 17.1 Å². The molecule has 0 radical (unpaired) electrons. The van der Waals surface area contributed by atoms with E-state index in [1.807, 2.05) is 32.0 Å². The van der Waals surface area contributed by atoms with Crippen molar-refractivity contribution in [3.05, 3.63) is 93.7 Å². The van der Waals surface area contributed by atoms with E-state index in [4.69, 9.17) is 0 Å². The molecular weight excluding hydrogens is 483 g/mol. The molecular formula is C23H22BrFN2O3S. The van der Waals surface area contributed by atoms with E-state index >= 15 is 0 Å². The van der Waals surface area contributed by atoms with Crippen LogP contribution in [0.25, 0.3) is 0 Å². The lowest BCUT2D eigenvalue weighted by Gasteiger charge is -2.22. The zero-order valence-corrected chi connectivity index (χ0v) is 19.5. The summed E-state index contributed by atoms with van der Waals surface area (Å²) in [6, 6.07) is 18.1. The molecule has 1 N–H and O–H groups in total. The van der Waals surface area contributed by atoms with Crippen molar-refractivity contribution in [2.45, 2.75) is 25.3 Å². The van der Waals surface area contributed by atoms with Gasteiger partial charge in [-0.25, -0.2) is 12.8 Å². The van der Waals surface area contributed by atoms with Crippen molar-refractivity contribution < 1.29 is 17.6 Å². The van der Waals surface area contributed by atoms with Crippen LogP contribution in [0.1, 0.15) is 16.7 Å². The Bertz CT molecular complexity index is 1200. The Balaban J connectivity index is 1.89. The Kier molecular flexibility index (Phi) is 7.25. The van der Waals surface area contributed by atoms with Crippen LogP contribution in [0.15, 0.2) is 76.1 Å². The Morgan fingerprint density at radius 1 is 1.00 bits per heavy atom. The summed E-state index contributed by atoms with van der Waals surface area (Å²) in [6.45, 7) is 3.32. The number of anilines is 1. The van der Waals surface area contributed by atoms with Crippen molar-refractivity contribution in [3.63, 3.8) is 0 Å². The summed E-state index contributed by atoms with van der Waals surface area (Å²) in [7, 11) is -3.96. The fourth-order valence-corrected chi connectivity index (χ4v) is 4.76. The number of nitrogens with zero attached hydrogens (tertiary/aromatic N) is 1. The van der Waals surface area contributed by atoms with Gasteiger partial charge in [0.05, 0.1) is 17.1 Å². The van der Waals surface area contributed by atoms with Crippen LogP contribution in [0.4, 0.5) is 10.1 Å². The number of rotatable bonds is 7. The van der Waals surface area contributed by atoms with E-state index in [1.54, 1.807) is 24.3 Å². The molecule has 0 unspecified atom stereocenters. The maximum absolute atomic E-state index is 14.1. The molecule has 3 aromatic carbocycles. The summed E-state index contributed by atoms with van der Waals surface area (Å²) in [5.41, 5.74) is 2.63. The first-order valence-corrected chi connectivity index (χ1v) is 11.8. The quantitative estimate of drug-likeness (QED) is 0.490. The Labute approximate surface area is 190 Å². The van der Waals surface area contributed by atoms with Gasteiger partial charge >= 0.3 is 0 Å². The number of carbonyl (C=O) groups is 1. The highest BCUT2D eigenvalue weighted by Gasteiger charge is 2.27. The molecule has 3 rings (SSSR count). The zero-order chi connectivity index (χ0) is 22.6. The summed E-state index contributed by atoms with van der Waals surface area (Å²) in [4.78, 5) is 12.7. The third-order valence-electron chi connectivity index (χ3n) is 4.63. The molecule has 0 atom stereocenters. The first-order valence-electron chi connectivity index (χ1n) is 9.52. The predicted molar refractivity (Wildman–Crippen MR) is 123 cm³/mol. The molecule has 31 heavy (non-hydrogen) atoms. The molecule has 0 fully saturated rings. The summed E-state index contributed by atoms with van der Waals surface area (Å²) in [5.74, 6) is -1.25. The van der Waals surface area contributed by atoms with Crippen LogP contribution in [-0.2, 0) is 21.4 Å². The smallest absolute Gasteiger partial charge is 0.243 e. The summed E-state index contributed by atoms with van der Waals surface area (Å²) < 4.78 is 42.3. The SMILES string of the molecule is Cc1ccc(S(=O)(=O)N(CC(=O)Nc2ccc(Br)cc2F)Cc2cccc(C)c2)cc1. The van der Waals surface area contributed by atoms with E-state index in [0.29, 0.717) is 4.47 Å². The molecule has 0 bridgehead atoms. The number of benzene rings is 3. The molecule has 3 aromatic rings. The van der Waals surface area contributed by atoms with Crippen molar-refractivity contribution in [1.82, 2.24) is 4.31 Å². The number of hydrogen-bond donors (Lipinski definition) is 1. The van der Waals surface area contributed by atoms with Gasteiger partial charge in [0.25, 0.3) is 0 Å². The molecule has 0 aromatic heterocycles. The first-order chi connectivity index (χ1) is 14.6. The van der Waals surface area contributed by atoms with Gasteiger partial charge in [-0.15, -0.1) is 0 Å². The number of halogens is 2. The van der Waals surface area contributed by atoms with Crippen LogP contribution in [0.5, 0.6) is 0 Å². The average molecular weight is 505 g/mol. The van der Waals surface area contributed by atoms with Gasteiger partial charge in [0.15, 0.2) is 0 Å². The molecule has 0 aliphatic carbocycles. The van der Waals surface area contributed by atoms with E-state index < -0.39 is 28.3 Å². The second kappa shape index (κ2) is 9.72. The van der Waals surface area contributed by atoms with E-state index in [0.717, 1.165) is 21.0 Å². The lowest BCUT2D eigenvalue weighted by molar-refractivity contribution is -0.116. The lowest BCUT2D eigenvalue weighted by Crippen LogP contribution is -2.37. The topological polar surface area (TPSA) is 66.5 Å². The van der Waals surface area contributed by atoms with Crippen molar-refractivity contribution >= 4 is 37.5 Å². The van der Waals surface area contributed by atoms with Crippen LogP contribution in [-0.4, -0.2) is 25.2 Å². The van der Waals surface area contributed by atoms with Gasteiger partial charge in [0, 0.05) is 11.0 Å². The van der Waals surface area contributed by atoms with Crippen molar-refractivity contribution in [2.24, 2.45) is 0 Å². The minimum Gasteiger partial charge on any atom is -0.322 e. The predicted octanol–water partition coefficient (Wildman–Crippen LogP) is 5.03. The number of hydrogen-bond acceptors (Lipinski definition) is 3. The molecule has 0 aliphatic rings. The lowest BCUT2D eigenvalue weighted by atomic mass is 10.1. The minimum atomic E-state index is -3.96. The normalized spacial score (nSPS) is 11.5. The van der Waals surface area contributed by atoms with Crippen LogP contribution in [0.3, 0.4) is 0 Å². The van der Waals surface area contributed by atoms with Gasteiger partial charge in [0.1, 0.15) is 5.82 Å². The number of sulfonamides is 1. The Morgan fingerprint density at radius 2 is 1.71 bits per heavy atom. The molecule has 0 spiro atoms. The maximum Gasteiger partial charge on any atom is 0.243 e. The monoisotopic (exact) mass is 504 g/mol. The minimum absolute atomic E-state index is 0.00807. The van der Waals surface area contributed by atoms with Crippen molar-refractivity contribution in [3.8, 4) is 0 Å². The average Bonchev–Trinajstić information content (AvgIpc) is 2.70. The Hall–Kier alpha value is -2.55. The van der Waals surface area contributed by atoms with Gasteiger partial charge in [0.2, 0.25) is 15.9 Å². The standard InChI is InChI=1S/C23H22BrFN2O3S/c1-16-6-9-20(10-7-16)31(29,30)27(14-18-5-3-4-17(2)12-18)15-23(28)26-22-11-8-19(24)13-21(22)25/h3-13H,14-15H2,1-2H3,(H,26,28). The van der Waals surface area contributed by atoms with Gasteiger partial charge in [-0.05, 0) is 49.7 Å². The Morgan fingerprint density at radius 3 is 2.35 bits per heavy atom. The first kappa shape index (κ1) is 23.1. The summed E-state index contributed by atoms with van der Waals surface area (Å²) >= 11 is 3.16. The van der Waals surface area contributed by atoms with Crippen LogP contribution in [0, 0.1) is 19.7 Å². The second-order valence-electron chi connectivity index (χ2n) is 7.25. The maximum atomic E-state index is 14.1. The molecule has 0 aliphatic heterocycles. The van der Waals surface area contributed by atoms with Crippen LogP contribution in [0.2, 0.25) is 0 Å². The second-order valence-corrected chi connectivity index (χ2v) is 10.1. The highest BCUT2D eigenvalue weighted by Crippen LogP contribution is 2.22. The zero-order valence-electron chi connectivity index (χ0n) is 17.1. The molecule has 0 saturated heterocycles. The third-order valence-corrected chi connectivity index (χ3v) is 6.92. The fourth-order valence-electron chi connectivity index (χ4n) is 3.04. The van der Waals surface area contributed by atoms with Crippen molar-refractivity contribution in [2.75, 3.05) is 11.9 Å². The van der Waals surface area contributed by atoms with E-state index in [1.165, 1.54) is 24.3 Å². The van der Waals surface area contributed by atoms with Crippen LogP contribution < -0.4 is 5.32 Å². The summed E-state index contributed by atoms with van der Waals surface area (Å²) in [6.07, 6.45) is 0. The van der Waals surface area contributed by atoms with Gasteiger partial charge in [-0.3, -0.25) is 4.79 Å². The number of nitrogens with one attached hydrogen (secondary N) is 1. The van der Waals surface area contributed by atoms with Crippen LogP contribution >= 0.6 is 15.9 Å². The van der Waals surface area contributed by atoms with Gasteiger partial charge in [-0.1, -0.05) is 63.5 Å². The summed E-state index contributed by atoms with van der Waals surface area (Å²) in [5, 5.41) is 2.46. The number of carbonyl (C=O) groups excluding carboxylic acids is 1. The highest BCUT2D eigenvalue weighted by atomic mass is 79.9. The van der Waals surface area contributed by atoms with E-state index in [9.17, 15) is 17.6 Å². The largest absolute Gasteiger partial charge is 0.322 e. The molecule has 0 saturated carbocycles. The molecule has 1 amide bonds. The van der Waals surface area contributed by atoms with Gasteiger partial charge < -0.3 is 5.32 Å². The molecule has 162 valence electrons. The molecule has 5 nitrogen and oxygen atoms in total. The van der Waals surface area contributed by atoms with E-state index in [2.05, 4.69) is 21.2 Å². The third kappa shape index (κ3) is 6.00. The van der Waals surface area contributed by atoms with Crippen molar-refractivity contribution in [1.29, 1.82) is 0 Å².